The first-order valence-electron chi connectivity index (χ1n) is 6.77. The van der Waals surface area contributed by atoms with Crippen molar-refractivity contribution in [3.63, 3.8) is 0 Å². The van der Waals surface area contributed by atoms with Crippen LogP contribution in [0.1, 0.15) is 30.1 Å². The smallest absolute Gasteiger partial charge is 0.270 e. The molecule has 1 fully saturated rings. The number of anilines is 1. The van der Waals surface area contributed by atoms with Crippen LogP contribution in [0.2, 0.25) is 0 Å². The fourth-order valence-electron chi connectivity index (χ4n) is 2.23. The molecule has 0 saturated heterocycles. The van der Waals surface area contributed by atoms with E-state index >= 15 is 0 Å². The second-order valence-corrected chi connectivity index (χ2v) is 5.26. The van der Waals surface area contributed by atoms with Crippen molar-refractivity contribution in [3.05, 3.63) is 33.9 Å². The first-order valence-corrected chi connectivity index (χ1v) is 6.77. The van der Waals surface area contributed by atoms with Gasteiger partial charge in [0.15, 0.2) is 0 Å². The molecule has 1 aliphatic carbocycles. The summed E-state index contributed by atoms with van der Waals surface area (Å²) in [5, 5.41) is 16.5. The zero-order valence-electron chi connectivity index (χ0n) is 11.7. The first kappa shape index (κ1) is 14.3. The molecule has 0 aromatic heterocycles. The molecule has 1 saturated carbocycles. The van der Waals surface area contributed by atoms with Gasteiger partial charge in [0.25, 0.3) is 11.6 Å². The van der Waals surface area contributed by atoms with Crippen LogP contribution >= 0.6 is 0 Å². The standard InChI is InChI=1S/C14H19N3O3/c1-9(10-3-4-10)8-16-14(18)12-7-11(17(19)20)5-6-13(12)15-2/h5-7,9-10,15H,3-4,8H2,1-2H3,(H,16,18). The number of hydrogen-bond donors (Lipinski definition) is 2. The van der Waals surface area contributed by atoms with Crippen molar-refractivity contribution in [3.8, 4) is 0 Å². The highest BCUT2D eigenvalue weighted by atomic mass is 16.6. The first-order chi connectivity index (χ1) is 9.52. The van der Waals surface area contributed by atoms with Gasteiger partial charge >= 0.3 is 0 Å². The van der Waals surface area contributed by atoms with E-state index in [0.717, 1.165) is 0 Å². The fraction of sp³-hybridized carbons (Fsp3) is 0.500. The van der Waals surface area contributed by atoms with E-state index in [0.29, 0.717) is 29.6 Å². The highest BCUT2D eigenvalue weighted by Gasteiger charge is 2.28. The predicted molar refractivity (Wildman–Crippen MR) is 76.9 cm³/mol. The largest absolute Gasteiger partial charge is 0.387 e. The summed E-state index contributed by atoms with van der Waals surface area (Å²) in [5.74, 6) is 0.894. The molecule has 1 amide bonds. The van der Waals surface area contributed by atoms with Gasteiger partial charge in [-0.1, -0.05) is 6.92 Å². The lowest BCUT2D eigenvalue weighted by Crippen LogP contribution is -2.29. The molecule has 1 aromatic carbocycles. The zero-order valence-corrected chi connectivity index (χ0v) is 11.7. The average molecular weight is 277 g/mol. The number of nitrogens with one attached hydrogen (secondary N) is 2. The SMILES string of the molecule is CNc1ccc([N+](=O)[O-])cc1C(=O)NCC(C)C1CC1. The molecule has 1 atom stereocenters. The Balaban J connectivity index is 2.09. The van der Waals surface area contributed by atoms with Gasteiger partial charge in [-0.05, 0) is 30.7 Å². The van der Waals surface area contributed by atoms with Gasteiger partial charge in [-0.3, -0.25) is 14.9 Å². The molecule has 1 aliphatic rings. The normalized spacial score (nSPS) is 15.5. The third-order valence-electron chi connectivity index (χ3n) is 3.74. The van der Waals surface area contributed by atoms with Crippen molar-refractivity contribution in [2.45, 2.75) is 19.8 Å². The number of carbonyl (C=O) groups excluding carboxylic acids is 1. The van der Waals surface area contributed by atoms with E-state index in [1.165, 1.54) is 25.0 Å². The predicted octanol–water partition coefficient (Wildman–Crippen LogP) is 2.41. The number of amides is 1. The van der Waals surface area contributed by atoms with E-state index in [1.54, 1.807) is 13.1 Å². The molecule has 108 valence electrons. The minimum atomic E-state index is -0.497. The van der Waals surface area contributed by atoms with Crippen molar-refractivity contribution < 1.29 is 9.72 Å². The second-order valence-electron chi connectivity index (χ2n) is 5.26. The second kappa shape index (κ2) is 5.90. The van der Waals surface area contributed by atoms with Crippen molar-refractivity contribution >= 4 is 17.3 Å². The van der Waals surface area contributed by atoms with E-state index in [4.69, 9.17) is 0 Å². The summed E-state index contributed by atoms with van der Waals surface area (Å²) in [6.45, 7) is 2.72. The lowest BCUT2D eigenvalue weighted by atomic mass is 10.1. The Bertz CT molecular complexity index is 526. The Kier molecular flexibility index (Phi) is 4.22. The summed E-state index contributed by atoms with van der Waals surface area (Å²) in [6, 6.07) is 4.25. The Labute approximate surface area is 117 Å². The van der Waals surface area contributed by atoms with Crippen LogP contribution in [0.25, 0.3) is 0 Å². The van der Waals surface area contributed by atoms with Gasteiger partial charge in [-0.2, -0.15) is 0 Å². The number of nitro benzene ring substituents is 1. The molecule has 6 nitrogen and oxygen atoms in total. The van der Waals surface area contributed by atoms with E-state index in [-0.39, 0.29) is 11.6 Å². The minimum absolute atomic E-state index is 0.0793. The summed E-state index contributed by atoms with van der Waals surface area (Å²) < 4.78 is 0. The van der Waals surface area contributed by atoms with E-state index in [1.807, 2.05) is 0 Å². The summed E-state index contributed by atoms with van der Waals surface area (Å²) in [6.07, 6.45) is 2.46. The Hall–Kier alpha value is -2.11. The quantitative estimate of drug-likeness (QED) is 0.617. The van der Waals surface area contributed by atoms with Crippen LogP contribution in [-0.2, 0) is 0 Å². The third kappa shape index (κ3) is 3.26. The van der Waals surface area contributed by atoms with E-state index in [9.17, 15) is 14.9 Å². The number of non-ortho nitro benzene ring substituents is 1. The maximum absolute atomic E-state index is 12.2. The van der Waals surface area contributed by atoms with Gasteiger partial charge < -0.3 is 10.6 Å². The fourth-order valence-corrected chi connectivity index (χ4v) is 2.23. The van der Waals surface area contributed by atoms with Gasteiger partial charge in [-0.25, -0.2) is 0 Å². The molecule has 2 rings (SSSR count). The Morgan fingerprint density at radius 3 is 2.75 bits per heavy atom. The molecule has 6 heteroatoms. The van der Waals surface area contributed by atoms with Crippen LogP contribution in [-0.4, -0.2) is 24.4 Å². The molecule has 20 heavy (non-hydrogen) atoms. The van der Waals surface area contributed by atoms with Gasteiger partial charge in [0.05, 0.1) is 10.5 Å². The van der Waals surface area contributed by atoms with Gasteiger partial charge in [-0.15, -0.1) is 0 Å². The zero-order chi connectivity index (χ0) is 14.7. The van der Waals surface area contributed by atoms with Crippen LogP contribution in [0, 0.1) is 22.0 Å². The summed E-state index contributed by atoms with van der Waals surface area (Å²) in [5.41, 5.74) is 0.821. The number of rotatable bonds is 6. The summed E-state index contributed by atoms with van der Waals surface area (Å²) in [7, 11) is 1.69. The minimum Gasteiger partial charge on any atom is -0.387 e. The molecule has 2 N–H and O–H groups in total. The Morgan fingerprint density at radius 2 is 2.20 bits per heavy atom. The van der Waals surface area contributed by atoms with Crippen molar-refractivity contribution in [1.29, 1.82) is 0 Å². The van der Waals surface area contributed by atoms with Crippen LogP contribution in [0.5, 0.6) is 0 Å². The van der Waals surface area contributed by atoms with Crippen molar-refractivity contribution in [2.75, 3.05) is 18.9 Å². The van der Waals surface area contributed by atoms with Crippen molar-refractivity contribution in [1.82, 2.24) is 5.32 Å². The molecule has 0 heterocycles. The molecule has 0 bridgehead atoms. The lowest BCUT2D eigenvalue weighted by Gasteiger charge is -2.13. The highest BCUT2D eigenvalue weighted by molar-refractivity contribution is 6.00. The van der Waals surface area contributed by atoms with E-state index in [2.05, 4.69) is 17.6 Å². The highest BCUT2D eigenvalue weighted by Crippen LogP contribution is 2.36. The topological polar surface area (TPSA) is 84.3 Å². The van der Waals surface area contributed by atoms with Gasteiger partial charge in [0.2, 0.25) is 0 Å². The molecular formula is C14H19N3O3. The summed E-state index contributed by atoms with van der Waals surface area (Å²) in [4.78, 5) is 22.5. The Morgan fingerprint density at radius 1 is 1.50 bits per heavy atom. The average Bonchev–Trinajstić information content (AvgIpc) is 3.28. The monoisotopic (exact) mass is 277 g/mol. The summed E-state index contributed by atoms with van der Waals surface area (Å²) >= 11 is 0. The maximum atomic E-state index is 12.2. The van der Waals surface area contributed by atoms with Crippen molar-refractivity contribution in [2.24, 2.45) is 11.8 Å². The number of carbonyl (C=O) groups is 1. The van der Waals surface area contributed by atoms with E-state index < -0.39 is 4.92 Å². The van der Waals surface area contributed by atoms with Gasteiger partial charge in [0, 0.05) is 31.4 Å². The molecule has 0 radical (unpaired) electrons. The van der Waals surface area contributed by atoms with Crippen LogP contribution in [0.4, 0.5) is 11.4 Å². The molecule has 1 unspecified atom stereocenters. The van der Waals surface area contributed by atoms with Gasteiger partial charge in [0.1, 0.15) is 0 Å². The molecular weight excluding hydrogens is 258 g/mol. The number of nitro groups is 1. The number of nitrogens with zero attached hydrogens (tertiary/aromatic N) is 1. The lowest BCUT2D eigenvalue weighted by molar-refractivity contribution is -0.384. The van der Waals surface area contributed by atoms with Crippen LogP contribution in [0.15, 0.2) is 18.2 Å². The maximum Gasteiger partial charge on any atom is 0.270 e. The molecule has 1 aromatic rings. The third-order valence-corrected chi connectivity index (χ3v) is 3.74. The molecule has 0 aliphatic heterocycles. The molecule has 0 spiro atoms. The van der Waals surface area contributed by atoms with Crippen LogP contribution < -0.4 is 10.6 Å². The number of benzene rings is 1. The number of hydrogen-bond acceptors (Lipinski definition) is 4. The van der Waals surface area contributed by atoms with Crippen LogP contribution in [0.3, 0.4) is 0 Å².